The van der Waals surface area contributed by atoms with Gasteiger partial charge in [0.25, 0.3) is 5.91 Å². The Morgan fingerprint density at radius 3 is 2.79 bits per heavy atom. The van der Waals surface area contributed by atoms with Crippen LogP contribution in [0, 0.1) is 0 Å². The van der Waals surface area contributed by atoms with Crippen LogP contribution in [0.2, 0.25) is 0 Å². The van der Waals surface area contributed by atoms with Crippen molar-refractivity contribution in [2.24, 2.45) is 0 Å². The molecular formula is C9H8N2O3. The molecular weight excluding hydrogens is 184 g/mol. The van der Waals surface area contributed by atoms with Gasteiger partial charge in [0, 0.05) is 5.56 Å². The van der Waals surface area contributed by atoms with E-state index in [4.69, 9.17) is 5.11 Å². The van der Waals surface area contributed by atoms with Crippen molar-refractivity contribution in [3.63, 3.8) is 0 Å². The molecule has 0 fully saturated rings. The lowest BCUT2D eigenvalue weighted by molar-refractivity contribution is -0.140. The third-order valence-electron chi connectivity index (χ3n) is 2.09. The molecule has 5 heteroatoms. The van der Waals surface area contributed by atoms with Crippen molar-refractivity contribution in [1.82, 2.24) is 10.9 Å². The van der Waals surface area contributed by atoms with Crippen molar-refractivity contribution >= 4 is 11.9 Å². The second kappa shape index (κ2) is 3.12. The van der Waals surface area contributed by atoms with Crippen LogP contribution in [0.25, 0.3) is 0 Å². The molecule has 0 saturated heterocycles. The summed E-state index contributed by atoms with van der Waals surface area (Å²) in [6, 6.07) is 5.75. The summed E-state index contributed by atoms with van der Waals surface area (Å²) in [5, 5.41) is 8.86. The number of hydrogen-bond acceptors (Lipinski definition) is 3. The lowest BCUT2D eigenvalue weighted by Crippen LogP contribution is -2.47. The van der Waals surface area contributed by atoms with Crippen LogP contribution in [0.15, 0.2) is 24.3 Å². The number of carbonyl (C=O) groups is 2. The van der Waals surface area contributed by atoms with Crippen LogP contribution in [0.3, 0.4) is 0 Å². The number of fused-ring (bicyclic) bond motifs is 1. The molecule has 5 nitrogen and oxygen atoms in total. The number of hydrogen-bond donors (Lipinski definition) is 3. The minimum absolute atomic E-state index is 0.307. The lowest BCUT2D eigenvalue weighted by Gasteiger charge is -2.23. The Hall–Kier alpha value is -1.88. The second-order valence-electron chi connectivity index (χ2n) is 2.96. The van der Waals surface area contributed by atoms with Gasteiger partial charge in [0.1, 0.15) is 6.04 Å². The number of hydrazine groups is 1. The molecule has 72 valence electrons. The standard InChI is InChI=1S/C9H8N2O3/c12-8-6-4-2-1-3-5(6)7(9(13)14)10-11-8/h1-4,7,10H,(H,11,12)(H,13,14). The second-order valence-corrected chi connectivity index (χ2v) is 2.96. The number of amides is 1. The van der Waals surface area contributed by atoms with Crippen molar-refractivity contribution < 1.29 is 14.7 Å². The van der Waals surface area contributed by atoms with Crippen molar-refractivity contribution in [3.05, 3.63) is 35.4 Å². The molecule has 0 aliphatic carbocycles. The van der Waals surface area contributed by atoms with Gasteiger partial charge in [-0.15, -0.1) is 0 Å². The molecule has 1 aliphatic rings. The Morgan fingerprint density at radius 1 is 1.36 bits per heavy atom. The minimum Gasteiger partial charge on any atom is -0.480 e. The zero-order chi connectivity index (χ0) is 10.1. The lowest BCUT2D eigenvalue weighted by atomic mass is 9.99. The van der Waals surface area contributed by atoms with Crippen LogP contribution in [0.1, 0.15) is 22.0 Å². The van der Waals surface area contributed by atoms with E-state index in [1.54, 1.807) is 24.3 Å². The molecule has 1 heterocycles. The molecule has 1 aromatic rings. The molecule has 0 saturated carbocycles. The van der Waals surface area contributed by atoms with Gasteiger partial charge in [0.05, 0.1) is 0 Å². The molecule has 3 N–H and O–H groups in total. The number of nitrogens with one attached hydrogen (secondary N) is 2. The van der Waals surface area contributed by atoms with Gasteiger partial charge in [-0.05, 0) is 11.6 Å². The predicted octanol–water partition coefficient (Wildman–Crippen LogP) is 0.0603. The maximum Gasteiger partial charge on any atom is 0.327 e. The van der Waals surface area contributed by atoms with Crippen LogP contribution in [-0.4, -0.2) is 17.0 Å². The normalized spacial score (nSPS) is 19.7. The molecule has 1 aliphatic heterocycles. The first-order valence-corrected chi connectivity index (χ1v) is 4.08. The summed E-state index contributed by atoms with van der Waals surface area (Å²) in [6.45, 7) is 0. The van der Waals surface area contributed by atoms with Crippen LogP contribution in [0.4, 0.5) is 0 Å². The molecule has 0 spiro atoms. The highest BCUT2D eigenvalue weighted by atomic mass is 16.4. The van der Waals surface area contributed by atoms with Crippen LogP contribution >= 0.6 is 0 Å². The molecule has 14 heavy (non-hydrogen) atoms. The van der Waals surface area contributed by atoms with Crippen LogP contribution in [-0.2, 0) is 4.79 Å². The van der Waals surface area contributed by atoms with Crippen LogP contribution in [0.5, 0.6) is 0 Å². The Labute approximate surface area is 79.7 Å². The number of benzene rings is 1. The third-order valence-corrected chi connectivity index (χ3v) is 2.09. The van der Waals surface area contributed by atoms with Gasteiger partial charge in [0.2, 0.25) is 0 Å². The summed E-state index contributed by atoms with van der Waals surface area (Å²) in [7, 11) is 0. The smallest absolute Gasteiger partial charge is 0.327 e. The topological polar surface area (TPSA) is 78.4 Å². The van der Waals surface area contributed by atoms with Crippen molar-refractivity contribution in [2.45, 2.75) is 6.04 Å². The van der Waals surface area contributed by atoms with Gasteiger partial charge >= 0.3 is 5.97 Å². The Kier molecular flexibility index (Phi) is 1.94. The summed E-state index contributed by atoms with van der Waals surface area (Å²) in [4.78, 5) is 22.1. The minimum atomic E-state index is -1.02. The molecule has 1 amide bonds. The van der Waals surface area contributed by atoms with E-state index < -0.39 is 12.0 Å². The third kappa shape index (κ3) is 1.23. The van der Waals surface area contributed by atoms with E-state index in [0.29, 0.717) is 11.1 Å². The highest BCUT2D eigenvalue weighted by molar-refractivity contribution is 5.98. The number of carboxylic acid groups (broad SMARTS) is 1. The molecule has 1 atom stereocenters. The molecule has 1 unspecified atom stereocenters. The fourth-order valence-electron chi connectivity index (χ4n) is 1.43. The molecule has 1 aromatic carbocycles. The highest BCUT2D eigenvalue weighted by Crippen LogP contribution is 2.20. The first-order chi connectivity index (χ1) is 6.70. The summed E-state index contributed by atoms with van der Waals surface area (Å²) in [5.74, 6) is -1.32. The molecule has 0 aromatic heterocycles. The number of carboxylic acids is 1. The predicted molar refractivity (Wildman–Crippen MR) is 47.4 cm³/mol. The molecule has 0 bridgehead atoms. The first kappa shape index (κ1) is 8.71. The van der Waals surface area contributed by atoms with Gasteiger partial charge in [-0.3, -0.25) is 15.0 Å². The zero-order valence-corrected chi connectivity index (χ0v) is 7.15. The summed E-state index contributed by atoms with van der Waals surface area (Å²) < 4.78 is 0. The van der Waals surface area contributed by atoms with E-state index in [2.05, 4.69) is 10.9 Å². The molecule has 2 rings (SSSR count). The summed E-state index contributed by atoms with van der Waals surface area (Å²) in [5.41, 5.74) is 5.62. The fourth-order valence-corrected chi connectivity index (χ4v) is 1.43. The maximum atomic E-state index is 11.3. The van der Waals surface area contributed by atoms with Crippen molar-refractivity contribution in [2.75, 3.05) is 0 Å². The van der Waals surface area contributed by atoms with Crippen molar-refractivity contribution in [1.29, 1.82) is 0 Å². The molecule has 0 radical (unpaired) electrons. The Balaban J connectivity index is 2.52. The van der Waals surface area contributed by atoms with Gasteiger partial charge in [0.15, 0.2) is 0 Å². The number of carbonyl (C=O) groups excluding carboxylic acids is 1. The van der Waals surface area contributed by atoms with E-state index in [1.807, 2.05) is 0 Å². The zero-order valence-electron chi connectivity index (χ0n) is 7.15. The maximum absolute atomic E-state index is 11.3. The Morgan fingerprint density at radius 2 is 2.07 bits per heavy atom. The number of rotatable bonds is 1. The number of aliphatic carboxylic acids is 1. The first-order valence-electron chi connectivity index (χ1n) is 4.08. The van der Waals surface area contributed by atoms with Crippen LogP contribution < -0.4 is 10.9 Å². The van der Waals surface area contributed by atoms with E-state index in [0.717, 1.165) is 0 Å². The van der Waals surface area contributed by atoms with E-state index in [1.165, 1.54) is 0 Å². The largest absolute Gasteiger partial charge is 0.480 e. The van der Waals surface area contributed by atoms with Gasteiger partial charge < -0.3 is 5.11 Å². The van der Waals surface area contributed by atoms with Gasteiger partial charge in [-0.2, -0.15) is 0 Å². The van der Waals surface area contributed by atoms with E-state index in [-0.39, 0.29) is 5.91 Å². The SMILES string of the molecule is O=C1NNC(C(=O)O)c2ccccc21. The highest BCUT2D eigenvalue weighted by Gasteiger charge is 2.29. The van der Waals surface area contributed by atoms with Gasteiger partial charge in [-0.1, -0.05) is 18.2 Å². The quantitative estimate of drug-likeness (QED) is 0.588. The summed E-state index contributed by atoms with van der Waals surface area (Å²) in [6.07, 6.45) is 0. The summed E-state index contributed by atoms with van der Waals surface area (Å²) >= 11 is 0. The Bertz CT molecular complexity index is 403. The average Bonchev–Trinajstić information content (AvgIpc) is 2.18. The van der Waals surface area contributed by atoms with E-state index >= 15 is 0 Å². The monoisotopic (exact) mass is 192 g/mol. The van der Waals surface area contributed by atoms with Crippen molar-refractivity contribution in [3.8, 4) is 0 Å². The average molecular weight is 192 g/mol. The van der Waals surface area contributed by atoms with Gasteiger partial charge in [-0.25, -0.2) is 5.43 Å². The van der Waals surface area contributed by atoms with E-state index in [9.17, 15) is 9.59 Å². The fraction of sp³-hybridized carbons (Fsp3) is 0.111.